The first kappa shape index (κ1) is 8.85. The minimum absolute atomic E-state index is 0.450. The summed E-state index contributed by atoms with van der Waals surface area (Å²) in [5.41, 5.74) is 0.990. The van der Waals surface area contributed by atoms with Crippen LogP contribution in [0.5, 0.6) is 0 Å². The fourth-order valence-electron chi connectivity index (χ4n) is 2.08. The number of hydrogen-bond donors (Lipinski definition) is 0. The second kappa shape index (κ2) is 3.62. The highest BCUT2D eigenvalue weighted by atomic mass is 16.5. The summed E-state index contributed by atoms with van der Waals surface area (Å²) in [6.07, 6.45) is 5.78. The fraction of sp³-hybridized carbons (Fsp3) is 0.455. The SMILES string of the molecule is c1cnc2c(c1)cnn2C1CCOCC1. The highest BCUT2D eigenvalue weighted by Crippen LogP contribution is 2.23. The van der Waals surface area contributed by atoms with E-state index >= 15 is 0 Å². The maximum Gasteiger partial charge on any atom is 0.157 e. The van der Waals surface area contributed by atoms with Crippen LogP contribution in [-0.4, -0.2) is 28.0 Å². The third-order valence-electron chi connectivity index (χ3n) is 2.89. The second-order valence-electron chi connectivity index (χ2n) is 3.85. The van der Waals surface area contributed by atoms with Crippen molar-refractivity contribution in [1.29, 1.82) is 0 Å². The summed E-state index contributed by atoms with van der Waals surface area (Å²) in [6, 6.07) is 4.44. The van der Waals surface area contributed by atoms with Crippen LogP contribution in [0.3, 0.4) is 0 Å². The third-order valence-corrected chi connectivity index (χ3v) is 2.89. The number of ether oxygens (including phenoxy) is 1. The Morgan fingerprint density at radius 3 is 3.07 bits per heavy atom. The summed E-state index contributed by atoms with van der Waals surface area (Å²) in [4.78, 5) is 4.38. The molecule has 1 aliphatic rings. The molecule has 0 spiro atoms. The maximum atomic E-state index is 5.35. The van der Waals surface area contributed by atoms with Gasteiger partial charge in [0.25, 0.3) is 0 Å². The van der Waals surface area contributed by atoms with Gasteiger partial charge in [-0.1, -0.05) is 0 Å². The van der Waals surface area contributed by atoms with Gasteiger partial charge < -0.3 is 4.74 Å². The molecular weight excluding hydrogens is 190 g/mol. The first-order valence-corrected chi connectivity index (χ1v) is 5.31. The van der Waals surface area contributed by atoms with E-state index in [1.807, 2.05) is 29.2 Å². The lowest BCUT2D eigenvalue weighted by atomic mass is 10.1. The molecule has 0 aliphatic carbocycles. The molecule has 0 N–H and O–H groups in total. The molecule has 0 radical (unpaired) electrons. The van der Waals surface area contributed by atoms with E-state index < -0.39 is 0 Å². The Balaban J connectivity index is 2.02. The van der Waals surface area contributed by atoms with Crippen molar-refractivity contribution in [1.82, 2.24) is 14.8 Å². The zero-order valence-corrected chi connectivity index (χ0v) is 8.47. The van der Waals surface area contributed by atoms with Crippen molar-refractivity contribution in [2.45, 2.75) is 18.9 Å². The Morgan fingerprint density at radius 1 is 1.33 bits per heavy atom. The highest BCUT2D eigenvalue weighted by molar-refractivity contribution is 5.74. The number of rotatable bonds is 1. The van der Waals surface area contributed by atoms with Crippen LogP contribution in [0, 0.1) is 0 Å². The van der Waals surface area contributed by atoms with Gasteiger partial charge >= 0.3 is 0 Å². The Kier molecular flexibility index (Phi) is 2.14. The molecule has 2 aromatic heterocycles. The van der Waals surface area contributed by atoms with Crippen molar-refractivity contribution in [3.63, 3.8) is 0 Å². The Hall–Kier alpha value is -1.42. The van der Waals surface area contributed by atoms with Crippen LogP contribution in [0.4, 0.5) is 0 Å². The van der Waals surface area contributed by atoms with Crippen molar-refractivity contribution >= 4 is 11.0 Å². The number of pyridine rings is 1. The molecule has 15 heavy (non-hydrogen) atoms. The van der Waals surface area contributed by atoms with E-state index in [-0.39, 0.29) is 0 Å². The van der Waals surface area contributed by atoms with E-state index in [2.05, 4.69) is 10.1 Å². The third kappa shape index (κ3) is 1.51. The van der Waals surface area contributed by atoms with Gasteiger partial charge in [0.05, 0.1) is 12.2 Å². The van der Waals surface area contributed by atoms with Gasteiger partial charge in [-0.3, -0.25) is 0 Å². The van der Waals surface area contributed by atoms with Crippen LogP contribution in [0.15, 0.2) is 24.5 Å². The molecule has 0 saturated carbocycles. The Labute approximate surface area is 87.9 Å². The van der Waals surface area contributed by atoms with Gasteiger partial charge in [-0.25, -0.2) is 9.67 Å². The van der Waals surface area contributed by atoms with E-state index in [0.717, 1.165) is 37.1 Å². The second-order valence-corrected chi connectivity index (χ2v) is 3.85. The zero-order valence-electron chi connectivity index (χ0n) is 8.47. The summed E-state index contributed by atoms with van der Waals surface area (Å²) in [5.74, 6) is 0. The van der Waals surface area contributed by atoms with Crippen LogP contribution in [0.25, 0.3) is 11.0 Å². The topological polar surface area (TPSA) is 39.9 Å². The monoisotopic (exact) mass is 203 g/mol. The van der Waals surface area contributed by atoms with Crippen LogP contribution in [0.1, 0.15) is 18.9 Å². The lowest BCUT2D eigenvalue weighted by molar-refractivity contribution is 0.0673. The molecule has 1 fully saturated rings. The van der Waals surface area contributed by atoms with Crippen LogP contribution in [0.2, 0.25) is 0 Å². The van der Waals surface area contributed by atoms with Crippen molar-refractivity contribution in [2.24, 2.45) is 0 Å². The van der Waals surface area contributed by atoms with E-state index in [9.17, 15) is 0 Å². The minimum atomic E-state index is 0.450. The number of fused-ring (bicyclic) bond motifs is 1. The summed E-state index contributed by atoms with van der Waals surface area (Å²) >= 11 is 0. The first-order valence-electron chi connectivity index (χ1n) is 5.31. The zero-order chi connectivity index (χ0) is 10.1. The predicted molar refractivity (Wildman–Crippen MR) is 56.6 cm³/mol. The van der Waals surface area contributed by atoms with Crippen molar-refractivity contribution in [3.05, 3.63) is 24.5 Å². The summed E-state index contributed by atoms with van der Waals surface area (Å²) in [7, 11) is 0. The number of nitrogens with zero attached hydrogens (tertiary/aromatic N) is 3. The summed E-state index contributed by atoms with van der Waals surface area (Å²) < 4.78 is 7.39. The molecule has 4 heteroatoms. The van der Waals surface area contributed by atoms with Crippen LogP contribution in [-0.2, 0) is 4.74 Å². The predicted octanol–water partition coefficient (Wildman–Crippen LogP) is 1.78. The fourth-order valence-corrected chi connectivity index (χ4v) is 2.08. The molecule has 0 unspecified atom stereocenters. The Morgan fingerprint density at radius 2 is 2.20 bits per heavy atom. The van der Waals surface area contributed by atoms with Gasteiger partial charge in [0.15, 0.2) is 5.65 Å². The average molecular weight is 203 g/mol. The van der Waals surface area contributed by atoms with Crippen molar-refractivity contribution in [3.8, 4) is 0 Å². The summed E-state index contributed by atoms with van der Waals surface area (Å²) in [5, 5.41) is 5.53. The minimum Gasteiger partial charge on any atom is -0.381 e. The average Bonchev–Trinajstić information content (AvgIpc) is 2.74. The quantitative estimate of drug-likeness (QED) is 0.709. The molecule has 2 aromatic rings. The molecule has 1 saturated heterocycles. The lowest BCUT2D eigenvalue weighted by Gasteiger charge is -2.22. The first-order chi connectivity index (χ1) is 7.45. The molecular formula is C11H13N3O. The van der Waals surface area contributed by atoms with Crippen LogP contribution < -0.4 is 0 Å². The molecule has 0 amide bonds. The van der Waals surface area contributed by atoms with Crippen molar-refractivity contribution in [2.75, 3.05) is 13.2 Å². The van der Waals surface area contributed by atoms with E-state index in [0.29, 0.717) is 6.04 Å². The maximum absolute atomic E-state index is 5.35. The van der Waals surface area contributed by atoms with E-state index in [1.54, 1.807) is 0 Å². The van der Waals surface area contributed by atoms with E-state index in [1.165, 1.54) is 0 Å². The molecule has 1 aliphatic heterocycles. The summed E-state index contributed by atoms with van der Waals surface area (Å²) in [6.45, 7) is 1.66. The van der Waals surface area contributed by atoms with Crippen LogP contribution >= 0.6 is 0 Å². The number of hydrogen-bond acceptors (Lipinski definition) is 3. The van der Waals surface area contributed by atoms with E-state index in [4.69, 9.17) is 4.74 Å². The highest BCUT2D eigenvalue weighted by Gasteiger charge is 2.18. The molecule has 0 aromatic carbocycles. The molecule has 3 heterocycles. The van der Waals surface area contributed by atoms with Crippen molar-refractivity contribution < 1.29 is 4.74 Å². The molecule has 0 bridgehead atoms. The van der Waals surface area contributed by atoms with Gasteiger partial charge in [-0.2, -0.15) is 5.10 Å². The van der Waals surface area contributed by atoms with Gasteiger partial charge in [-0.15, -0.1) is 0 Å². The van der Waals surface area contributed by atoms with Gasteiger partial charge in [0.2, 0.25) is 0 Å². The molecule has 78 valence electrons. The molecule has 4 nitrogen and oxygen atoms in total. The van der Waals surface area contributed by atoms with Gasteiger partial charge in [-0.05, 0) is 25.0 Å². The molecule has 0 atom stereocenters. The van der Waals surface area contributed by atoms with Gasteiger partial charge in [0, 0.05) is 24.8 Å². The van der Waals surface area contributed by atoms with Gasteiger partial charge in [0.1, 0.15) is 0 Å². The number of aromatic nitrogens is 3. The lowest BCUT2D eigenvalue weighted by Crippen LogP contribution is -2.20. The largest absolute Gasteiger partial charge is 0.381 e. The standard InChI is InChI=1S/C11H13N3O/c1-2-9-8-13-14(11(9)12-5-1)10-3-6-15-7-4-10/h1-2,5,8,10H,3-4,6-7H2. The normalized spacial score (nSPS) is 18.4. The smallest absolute Gasteiger partial charge is 0.157 e. The Bertz CT molecular complexity index is 460. The molecule has 3 rings (SSSR count).